The molecule has 126 valence electrons. The van der Waals surface area contributed by atoms with Gasteiger partial charge >= 0.3 is 0 Å². The van der Waals surface area contributed by atoms with E-state index in [1.165, 1.54) is 17.8 Å². The van der Waals surface area contributed by atoms with Crippen molar-refractivity contribution in [1.29, 1.82) is 0 Å². The average Bonchev–Trinajstić information content (AvgIpc) is 3.01. The number of thiophene rings is 1. The fraction of sp³-hybridized carbons (Fsp3) is 0.333. The van der Waals surface area contributed by atoms with E-state index in [-0.39, 0.29) is 5.91 Å². The van der Waals surface area contributed by atoms with Gasteiger partial charge in [-0.1, -0.05) is 0 Å². The quantitative estimate of drug-likeness (QED) is 0.893. The zero-order valence-corrected chi connectivity index (χ0v) is 14.5. The minimum absolute atomic E-state index is 0.151. The van der Waals surface area contributed by atoms with Crippen molar-refractivity contribution in [2.45, 2.75) is 26.2 Å². The molecule has 1 aromatic carbocycles. The molecule has 0 atom stereocenters. The number of piperidine rings is 1. The molecule has 24 heavy (non-hydrogen) atoms. The predicted octanol–water partition coefficient (Wildman–Crippen LogP) is 3.40. The lowest BCUT2D eigenvalue weighted by atomic mass is 10.1. The average molecular weight is 343 g/mol. The number of nitrogens with zero attached hydrogens (tertiary/aromatic N) is 1. The van der Waals surface area contributed by atoms with E-state index in [0.29, 0.717) is 16.1 Å². The first-order valence-electron chi connectivity index (χ1n) is 8.10. The summed E-state index contributed by atoms with van der Waals surface area (Å²) >= 11 is 1.41. The van der Waals surface area contributed by atoms with E-state index in [1.807, 2.05) is 24.4 Å². The summed E-state index contributed by atoms with van der Waals surface area (Å²) in [5, 5.41) is 4.87. The van der Waals surface area contributed by atoms with Gasteiger partial charge in [-0.15, -0.1) is 11.3 Å². The SMILES string of the molecule is Cc1ccsc1C(=O)Nc1cc(C(N)=O)ccc1N1CCCCC1. The summed E-state index contributed by atoms with van der Waals surface area (Å²) in [5.41, 5.74) is 8.33. The largest absolute Gasteiger partial charge is 0.370 e. The third kappa shape index (κ3) is 3.43. The molecule has 1 aliphatic rings. The van der Waals surface area contributed by atoms with Crippen molar-refractivity contribution in [1.82, 2.24) is 0 Å². The van der Waals surface area contributed by atoms with Gasteiger partial charge in [0.25, 0.3) is 5.91 Å². The molecule has 1 saturated heterocycles. The summed E-state index contributed by atoms with van der Waals surface area (Å²) in [6.45, 7) is 3.82. The zero-order chi connectivity index (χ0) is 17.1. The topological polar surface area (TPSA) is 75.4 Å². The van der Waals surface area contributed by atoms with Gasteiger partial charge in [-0.3, -0.25) is 9.59 Å². The van der Waals surface area contributed by atoms with Crippen LogP contribution in [0.4, 0.5) is 11.4 Å². The normalized spacial score (nSPS) is 14.5. The molecular weight excluding hydrogens is 322 g/mol. The predicted molar refractivity (Wildman–Crippen MR) is 98.0 cm³/mol. The highest BCUT2D eigenvalue weighted by Gasteiger charge is 2.19. The molecule has 0 aliphatic carbocycles. The third-order valence-corrected chi connectivity index (χ3v) is 5.31. The molecule has 3 N–H and O–H groups in total. The van der Waals surface area contributed by atoms with Crippen molar-refractivity contribution in [2.75, 3.05) is 23.3 Å². The van der Waals surface area contributed by atoms with Crippen LogP contribution in [-0.2, 0) is 0 Å². The lowest BCUT2D eigenvalue weighted by Crippen LogP contribution is -2.30. The van der Waals surface area contributed by atoms with Gasteiger partial charge in [0.05, 0.1) is 16.3 Å². The number of rotatable bonds is 4. The van der Waals surface area contributed by atoms with Crippen LogP contribution in [0.15, 0.2) is 29.6 Å². The summed E-state index contributed by atoms with van der Waals surface area (Å²) in [4.78, 5) is 27.0. The number of amides is 2. The van der Waals surface area contributed by atoms with Gasteiger partial charge < -0.3 is 16.0 Å². The van der Waals surface area contributed by atoms with Gasteiger partial charge in [-0.2, -0.15) is 0 Å². The van der Waals surface area contributed by atoms with Gasteiger partial charge in [0.15, 0.2) is 0 Å². The van der Waals surface area contributed by atoms with Crippen molar-refractivity contribution in [3.05, 3.63) is 45.6 Å². The molecule has 2 amide bonds. The van der Waals surface area contributed by atoms with Crippen molar-refractivity contribution in [2.24, 2.45) is 5.73 Å². The van der Waals surface area contributed by atoms with Crippen molar-refractivity contribution < 1.29 is 9.59 Å². The standard InChI is InChI=1S/C18H21N3O2S/c1-12-7-10-24-16(12)18(23)20-14-11-13(17(19)22)5-6-15(14)21-8-3-2-4-9-21/h5-7,10-11H,2-4,8-9H2,1H3,(H2,19,22)(H,20,23). The first-order chi connectivity index (χ1) is 11.6. The van der Waals surface area contributed by atoms with Crippen molar-refractivity contribution in [3.63, 3.8) is 0 Å². The maximum atomic E-state index is 12.6. The fourth-order valence-electron chi connectivity index (χ4n) is 2.98. The smallest absolute Gasteiger partial charge is 0.266 e. The molecule has 0 radical (unpaired) electrons. The van der Waals surface area contributed by atoms with Crippen LogP contribution in [0.3, 0.4) is 0 Å². The Kier molecular flexibility index (Phi) is 4.85. The van der Waals surface area contributed by atoms with Crippen LogP contribution in [0.25, 0.3) is 0 Å². The molecule has 1 aromatic heterocycles. The number of carbonyl (C=O) groups excluding carboxylic acids is 2. The maximum absolute atomic E-state index is 12.6. The molecular formula is C18H21N3O2S. The first-order valence-corrected chi connectivity index (χ1v) is 8.98. The Balaban J connectivity index is 1.93. The molecule has 5 nitrogen and oxygen atoms in total. The van der Waals surface area contributed by atoms with E-state index < -0.39 is 5.91 Å². The maximum Gasteiger partial charge on any atom is 0.266 e. The summed E-state index contributed by atoms with van der Waals surface area (Å²) in [5.74, 6) is -0.648. The molecule has 0 bridgehead atoms. The molecule has 2 aromatic rings. The van der Waals surface area contributed by atoms with E-state index >= 15 is 0 Å². The van der Waals surface area contributed by atoms with E-state index in [1.54, 1.807) is 12.1 Å². The van der Waals surface area contributed by atoms with E-state index in [4.69, 9.17) is 5.73 Å². The van der Waals surface area contributed by atoms with E-state index in [0.717, 1.165) is 37.2 Å². The molecule has 0 spiro atoms. The highest BCUT2D eigenvalue weighted by molar-refractivity contribution is 7.12. The molecule has 1 aliphatic heterocycles. The number of anilines is 2. The Morgan fingerprint density at radius 3 is 2.54 bits per heavy atom. The molecule has 6 heteroatoms. The highest BCUT2D eigenvalue weighted by atomic mass is 32.1. The minimum Gasteiger partial charge on any atom is -0.370 e. The second-order valence-corrected chi connectivity index (χ2v) is 6.95. The summed E-state index contributed by atoms with van der Waals surface area (Å²) in [7, 11) is 0. The molecule has 1 fully saturated rings. The molecule has 3 rings (SSSR count). The molecule has 0 unspecified atom stereocenters. The number of nitrogens with two attached hydrogens (primary N) is 1. The van der Waals surface area contributed by atoms with Crippen LogP contribution in [-0.4, -0.2) is 24.9 Å². The second-order valence-electron chi connectivity index (χ2n) is 6.03. The van der Waals surface area contributed by atoms with Gasteiger partial charge in [0.2, 0.25) is 5.91 Å². The van der Waals surface area contributed by atoms with Gasteiger partial charge in [0, 0.05) is 18.7 Å². The number of benzene rings is 1. The fourth-order valence-corrected chi connectivity index (χ4v) is 3.80. The van der Waals surface area contributed by atoms with E-state index in [9.17, 15) is 9.59 Å². The summed E-state index contributed by atoms with van der Waals surface area (Å²) in [6.07, 6.45) is 3.50. The Bertz CT molecular complexity index is 763. The molecule has 2 heterocycles. The lowest BCUT2D eigenvalue weighted by molar-refractivity contribution is 0.0996. The lowest BCUT2D eigenvalue weighted by Gasteiger charge is -2.30. The van der Waals surface area contributed by atoms with Crippen molar-refractivity contribution in [3.8, 4) is 0 Å². The first kappa shape index (κ1) is 16.5. The number of nitrogens with one attached hydrogen (secondary N) is 1. The monoisotopic (exact) mass is 343 g/mol. The summed E-state index contributed by atoms with van der Waals surface area (Å²) in [6, 6.07) is 7.19. The number of carbonyl (C=O) groups is 2. The molecule has 0 saturated carbocycles. The van der Waals surface area contributed by atoms with Gasteiger partial charge in [-0.05, 0) is 61.4 Å². The Labute approximate surface area is 145 Å². The van der Waals surface area contributed by atoms with Crippen LogP contribution in [0.5, 0.6) is 0 Å². The second kappa shape index (κ2) is 7.05. The minimum atomic E-state index is -0.497. The number of primary amides is 1. The Morgan fingerprint density at radius 2 is 1.92 bits per heavy atom. The van der Waals surface area contributed by atoms with Crippen molar-refractivity contribution >= 4 is 34.5 Å². The van der Waals surface area contributed by atoms with Crippen LogP contribution < -0.4 is 16.0 Å². The van der Waals surface area contributed by atoms with Crippen LogP contribution >= 0.6 is 11.3 Å². The van der Waals surface area contributed by atoms with E-state index in [2.05, 4.69) is 10.2 Å². The third-order valence-electron chi connectivity index (χ3n) is 4.29. The van der Waals surface area contributed by atoms with Crippen LogP contribution in [0.2, 0.25) is 0 Å². The number of hydrogen-bond donors (Lipinski definition) is 2. The Hall–Kier alpha value is -2.34. The van der Waals surface area contributed by atoms with Gasteiger partial charge in [0.1, 0.15) is 0 Å². The van der Waals surface area contributed by atoms with Crippen LogP contribution in [0, 0.1) is 6.92 Å². The number of aryl methyl sites for hydroxylation is 1. The zero-order valence-electron chi connectivity index (χ0n) is 13.7. The highest BCUT2D eigenvalue weighted by Crippen LogP contribution is 2.30. The van der Waals surface area contributed by atoms with Crippen LogP contribution in [0.1, 0.15) is 44.9 Å². The Morgan fingerprint density at radius 1 is 1.17 bits per heavy atom. The number of hydrogen-bond acceptors (Lipinski definition) is 4. The summed E-state index contributed by atoms with van der Waals surface area (Å²) < 4.78 is 0. The van der Waals surface area contributed by atoms with Gasteiger partial charge in [-0.25, -0.2) is 0 Å².